The van der Waals surface area contributed by atoms with Gasteiger partial charge in [-0.3, -0.25) is 14.6 Å². The molecule has 5 nitrogen and oxygen atoms in total. The Morgan fingerprint density at radius 2 is 1.81 bits per heavy atom. The number of imidazole rings is 1. The van der Waals surface area contributed by atoms with Crippen LogP contribution in [0.2, 0.25) is 0 Å². The fourth-order valence-corrected chi connectivity index (χ4v) is 3.43. The second-order valence-corrected chi connectivity index (χ2v) is 8.27. The molecule has 0 aliphatic heterocycles. The molecular formula is C22H27N3O2. The van der Waals surface area contributed by atoms with Gasteiger partial charge < -0.3 is 4.98 Å². The minimum absolute atomic E-state index is 0.0198. The van der Waals surface area contributed by atoms with Gasteiger partial charge in [0.05, 0.1) is 6.33 Å². The number of nitrogens with zero attached hydrogens (tertiary/aromatic N) is 2. The lowest BCUT2D eigenvalue weighted by Crippen LogP contribution is -2.33. The van der Waals surface area contributed by atoms with Gasteiger partial charge in [-0.15, -0.1) is 0 Å². The van der Waals surface area contributed by atoms with Gasteiger partial charge in [0.1, 0.15) is 17.5 Å². The molecule has 1 aliphatic carbocycles. The van der Waals surface area contributed by atoms with Gasteiger partial charge in [0.25, 0.3) is 0 Å². The van der Waals surface area contributed by atoms with Gasteiger partial charge in [-0.05, 0) is 22.5 Å². The summed E-state index contributed by atoms with van der Waals surface area (Å²) in [6.45, 7) is 7.06. The number of rotatable bonds is 5. The molecule has 0 unspecified atom stereocenters. The van der Waals surface area contributed by atoms with E-state index < -0.39 is 5.92 Å². The van der Waals surface area contributed by atoms with Gasteiger partial charge in [-0.2, -0.15) is 0 Å². The van der Waals surface area contributed by atoms with Crippen molar-refractivity contribution in [2.45, 2.75) is 51.4 Å². The number of carbonyl (C=O) groups excluding carboxylic acids is 2. The molecule has 142 valence electrons. The molecule has 1 aromatic heterocycles. The van der Waals surface area contributed by atoms with E-state index in [4.69, 9.17) is 0 Å². The van der Waals surface area contributed by atoms with Gasteiger partial charge >= 0.3 is 0 Å². The summed E-state index contributed by atoms with van der Waals surface area (Å²) in [6.07, 6.45) is 6.44. The molecule has 1 aliphatic rings. The van der Waals surface area contributed by atoms with Gasteiger partial charge in [0.2, 0.25) is 0 Å². The van der Waals surface area contributed by atoms with Crippen molar-refractivity contribution in [3.63, 3.8) is 0 Å². The molecule has 1 heterocycles. The number of ketones is 2. The van der Waals surface area contributed by atoms with Crippen molar-refractivity contribution >= 4 is 17.8 Å². The average Bonchev–Trinajstić information content (AvgIpc) is 3.13. The molecule has 1 N–H and O–H groups in total. The molecule has 1 fully saturated rings. The van der Waals surface area contributed by atoms with Gasteiger partial charge in [-0.1, -0.05) is 45.0 Å². The van der Waals surface area contributed by atoms with Crippen LogP contribution in [0.4, 0.5) is 0 Å². The Morgan fingerprint density at radius 1 is 1.15 bits per heavy atom. The molecule has 27 heavy (non-hydrogen) atoms. The molecule has 1 saturated carbocycles. The minimum atomic E-state index is -0.683. The maximum Gasteiger partial charge on any atom is 0.149 e. The lowest BCUT2D eigenvalue weighted by Gasteiger charge is -2.26. The van der Waals surface area contributed by atoms with Crippen molar-refractivity contribution in [2.24, 2.45) is 10.9 Å². The summed E-state index contributed by atoms with van der Waals surface area (Å²) in [4.78, 5) is 36.3. The average molecular weight is 365 g/mol. The molecule has 0 saturated heterocycles. The Hall–Kier alpha value is -2.56. The van der Waals surface area contributed by atoms with Crippen molar-refractivity contribution < 1.29 is 9.59 Å². The topological polar surface area (TPSA) is 75.2 Å². The maximum atomic E-state index is 12.5. The summed E-state index contributed by atoms with van der Waals surface area (Å²) in [5.74, 6) is -0.756. The van der Waals surface area contributed by atoms with E-state index in [2.05, 4.69) is 60.0 Å². The number of aromatic amines is 1. The molecule has 0 atom stereocenters. The quantitative estimate of drug-likeness (QED) is 0.649. The fraction of sp³-hybridized carbons (Fsp3) is 0.455. The third-order valence-electron chi connectivity index (χ3n) is 5.16. The number of hydrogen-bond acceptors (Lipinski definition) is 4. The number of benzene rings is 1. The summed E-state index contributed by atoms with van der Waals surface area (Å²) < 4.78 is 0. The SMILES string of the molecule is CC(C)(C)c1ccc(C2CC(=O)C(C=NCCc3cnc[nH]3)C(=O)C2)cc1. The Balaban J connectivity index is 1.59. The van der Waals surface area contributed by atoms with Crippen LogP contribution in [0.25, 0.3) is 0 Å². The highest BCUT2D eigenvalue weighted by molar-refractivity contribution is 6.16. The van der Waals surface area contributed by atoms with Crippen molar-refractivity contribution in [2.75, 3.05) is 6.54 Å². The molecule has 3 rings (SSSR count). The standard InChI is InChI=1S/C22H27N3O2/c1-22(2,3)17-6-4-15(5-7-17)16-10-20(26)19(21(27)11-16)13-23-9-8-18-12-24-14-25-18/h4-7,12-14,16,19H,8-11H2,1-3H3,(H,24,25). The smallest absolute Gasteiger partial charge is 0.149 e. The molecule has 0 amide bonds. The lowest BCUT2D eigenvalue weighted by molar-refractivity contribution is -0.133. The van der Waals surface area contributed by atoms with Crippen molar-refractivity contribution in [3.05, 3.63) is 53.6 Å². The number of H-pyrrole nitrogens is 1. The minimum Gasteiger partial charge on any atom is -0.348 e. The van der Waals surface area contributed by atoms with Crippen LogP contribution in [0, 0.1) is 5.92 Å². The number of nitrogens with one attached hydrogen (secondary N) is 1. The van der Waals surface area contributed by atoms with E-state index in [-0.39, 0.29) is 22.9 Å². The molecule has 1 aromatic carbocycles. The maximum absolute atomic E-state index is 12.5. The summed E-state index contributed by atoms with van der Waals surface area (Å²) >= 11 is 0. The molecule has 5 heteroatoms. The first kappa shape index (κ1) is 19.2. The number of hydrogen-bond donors (Lipinski definition) is 1. The van der Waals surface area contributed by atoms with Crippen LogP contribution < -0.4 is 0 Å². The summed E-state index contributed by atoms with van der Waals surface area (Å²) in [5, 5.41) is 0. The first-order chi connectivity index (χ1) is 12.8. The van der Waals surface area contributed by atoms with Crippen LogP contribution in [0.3, 0.4) is 0 Å². The van der Waals surface area contributed by atoms with Gasteiger partial charge in [0, 0.05) is 43.9 Å². The zero-order valence-electron chi connectivity index (χ0n) is 16.2. The second-order valence-electron chi connectivity index (χ2n) is 8.27. The summed E-state index contributed by atoms with van der Waals surface area (Å²) in [5.41, 5.74) is 3.41. The van der Waals surface area contributed by atoms with Crippen LogP contribution in [0.15, 0.2) is 41.8 Å². The van der Waals surface area contributed by atoms with E-state index in [1.807, 2.05) is 0 Å². The normalized spacial score (nSPS) is 21.1. The predicted octanol–water partition coefficient (Wildman–Crippen LogP) is 3.65. The molecule has 0 radical (unpaired) electrons. The highest BCUT2D eigenvalue weighted by atomic mass is 16.2. The Bertz CT molecular complexity index is 796. The monoisotopic (exact) mass is 365 g/mol. The van der Waals surface area contributed by atoms with Crippen molar-refractivity contribution in [1.82, 2.24) is 9.97 Å². The molecule has 2 aromatic rings. The zero-order chi connectivity index (χ0) is 19.4. The molecular weight excluding hydrogens is 338 g/mol. The first-order valence-corrected chi connectivity index (χ1v) is 9.47. The van der Waals surface area contributed by atoms with Gasteiger partial charge in [0.15, 0.2) is 0 Å². The van der Waals surface area contributed by atoms with E-state index in [0.29, 0.717) is 25.8 Å². The highest BCUT2D eigenvalue weighted by Gasteiger charge is 2.35. The number of Topliss-reactive ketones (excluding diaryl/α,β-unsaturated/α-hetero) is 2. The van der Waals surface area contributed by atoms with Crippen molar-refractivity contribution in [1.29, 1.82) is 0 Å². The van der Waals surface area contributed by atoms with E-state index in [1.54, 1.807) is 18.7 Å². The second kappa shape index (κ2) is 7.99. The van der Waals surface area contributed by atoms with E-state index in [1.165, 1.54) is 5.56 Å². The summed E-state index contributed by atoms with van der Waals surface area (Å²) in [7, 11) is 0. The van der Waals surface area contributed by atoms with Crippen LogP contribution in [0.5, 0.6) is 0 Å². The fourth-order valence-electron chi connectivity index (χ4n) is 3.43. The highest BCUT2D eigenvalue weighted by Crippen LogP contribution is 2.32. The summed E-state index contributed by atoms with van der Waals surface area (Å²) in [6, 6.07) is 8.33. The molecule has 0 spiro atoms. The Labute approximate surface area is 160 Å². The largest absolute Gasteiger partial charge is 0.348 e. The van der Waals surface area contributed by atoms with Crippen molar-refractivity contribution in [3.8, 4) is 0 Å². The predicted molar refractivity (Wildman–Crippen MR) is 106 cm³/mol. The third kappa shape index (κ3) is 4.79. The first-order valence-electron chi connectivity index (χ1n) is 9.47. The number of aromatic nitrogens is 2. The molecule has 0 bridgehead atoms. The lowest BCUT2D eigenvalue weighted by atomic mass is 9.76. The third-order valence-corrected chi connectivity index (χ3v) is 5.16. The van der Waals surface area contributed by atoms with Gasteiger partial charge in [-0.25, -0.2) is 4.98 Å². The van der Waals surface area contributed by atoms with E-state index >= 15 is 0 Å². The van der Waals surface area contributed by atoms with Crippen LogP contribution in [-0.4, -0.2) is 34.3 Å². The van der Waals surface area contributed by atoms with Crippen LogP contribution in [-0.2, 0) is 21.4 Å². The number of aliphatic imine (C=N–C) groups is 1. The Morgan fingerprint density at radius 3 is 2.37 bits per heavy atom. The zero-order valence-corrected chi connectivity index (χ0v) is 16.2. The van der Waals surface area contributed by atoms with E-state index in [9.17, 15) is 9.59 Å². The number of carbonyl (C=O) groups is 2. The van der Waals surface area contributed by atoms with E-state index in [0.717, 1.165) is 11.3 Å². The van der Waals surface area contributed by atoms with Crippen LogP contribution in [0.1, 0.15) is 56.4 Å². The van der Waals surface area contributed by atoms with Crippen LogP contribution >= 0.6 is 0 Å². The Kier molecular flexibility index (Phi) is 5.68.